The Hall–Kier alpha value is -2.64. The van der Waals surface area contributed by atoms with E-state index in [1.54, 1.807) is 23.6 Å². The van der Waals surface area contributed by atoms with Gasteiger partial charge in [-0.2, -0.15) is 0 Å². The lowest BCUT2D eigenvalue weighted by Gasteiger charge is -2.16. The maximum absolute atomic E-state index is 11.9. The van der Waals surface area contributed by atoms with Crippen LogP contribution in [-0.2, 0) is 20.9 Å². The highest BCUT2D eigenvalue weighted by molar-refractivity contribution is 7.13. The van der Waals surface area contributed by atoms with Crippen LogP contribution in [-0.4, -0.2) is 23.5 Å². The number of anilines is 1. The lowest BCUT2D eigenvalue weighted by Crippen LogP contribution is -2.07. The molecule has 1 aliphatic rings. The number of rotatable bonds is 5. The van der Waals surface area contributed by atoms with Crippen LogP contribution in [0, 0.1) is 0 Å². The highest BCUT2D eigenvalue weighted by Gasteiger charge is 2.11. The van der Waals surface area contributed by atoms with E-state index in [1.807, 2.05) is 12.1 Å². The molecule has 0 bridgehead atoms. The number of amides is 1. The smallest absolute Gasteiger partial charge is 0.331 e. The molecule has 0 unspecified atom stereocenters. The second kappa shape index (κ2) is 8.16. The molecule has 1 aromatic carbocycles. The third-order valence-corrected chi connectivity index (χ3v) is 4.38. The van der Waals surface area contributed by atoms with E-state index >= 15 is 0 Å². The van der Waals surface area contributed by atoms with Gasteiger partial charge in [0.25, 0.3) is 0 Å². The van der Waals surface area contributed by atoms with Crippen LogP contribution in [0.15, 0.2) is 41.3 Å². The van der Waals surface area contributed by atoms with Crippen LogP contribution in [0.3, 0.4) is 0 Å². The van der Waals surface area contributed by atoms with Crippen molar-refractivity contribution in [1.29, 1.82) is 0 Å². The molecule has 2 heterocycles. The molecule has 1 aromatic heterocycles. The number of thiazole rings is 1. The Morgan fingerprint density at radius 1 is 1.46 bits per heavy atom. The first-order valence-corrected chi connectivity index (χ1v) is 8.95. The first kappa shape index (κ1) is 18.2. The summed E-state index contributed by atoms with van der Waals surface area (Å²) in [6, 6.07) is 5.38. The number of nitrogens with one attached hydrogen (secondary N) is 1. The number of carbonyl (C=O) groups excluding carboxylic acids is 2. The van der Waals surface area contributed by atoms with E-state index in [0.717, 1.165) is 16.9 Å². The van der Waals surface area contributed by atoms with E-state index in [9.17, 15) is 9.59 Å². The summed E-state index contributed by atoms with van der Waals surface area (Å²) in [6.07, 6.45) is 4.90. The second-order valence-electron chi connectivity index (χ2n) is 5.46. The molecule has 8 heteroatoms. The van der Waals surface area contributed by atoms with Crippen molar-refractivity contribution >= 4 is 46.0 Å². The molecule has 0 saturated carbocycles. The number of carbonyl (C=O) groups is 2. The number of fused-ring (bicyclic) bond motifs is 1. The normalized spacial score (nSPS) is 12.9. The van der Waals surface area contributed by atoms with Gasteiger partial charge in [0, 0.05) is 29.0 Å². The van der Waals surface area contributed by atoms with Crippen molar-refractivity contribution in [3.05, 3.63) is 57.6 Å². The maximum atomic E-state index is 11.9. The third-order valence-electron chi connectivity index (χ3n) is 3.34. The predicted molar refractivity (Wildman–Crippen MR) is 100 cm³/mol. The number of hydrogen-bond donors (Lipinski definition) is 1. The average molecular weight is 391 g/mol. The molecule has 26 heavy (non-hydrogen) atoms. The minimum atomic E-state index is -0.489. The molecule has 6 nitrogen and oxygen atoms in total. The van der Waals surface area contributed by atoms with E-state index in [-0.39, 0.29) is 12.5 Å². The number of benzene rings is 1. The predicted octanol–water partition coefficient (Wildman–Crippen LogP) is 3.83. The van der Waals surface area contributed by atoms with Crippen LogP contribution in [0.5, 0.6) is 5.75 Å². The topological polar surface area (TPSA) is 77.5 Å². The third kappa shape index (κ3) is 4.93. The number of halogens is 1. The Labute approximate surface area is 159 Å². The molecule has 0 spiro atoms. The molecule has 0 aliphatic carbocycles. The van der Waals surface area contributed by atoms with Crippen molar-refractivity contribution < 1.29 is 19.1 Å². The summed E-state index contributed by atoms with van der Waals surface area (Å²) in [5, 5.41) is 5.39. The average Bonchev–Trinajstić information content (AvgIpc) is 3.04. The molecule has 3 rings (SSSR count). The van der Waals surface area contributed by atoms with Crippen LogP contribution in [0.25, 0.3) is 6.08 Å². The molecule has 0 saturated heterocycles. The molecule has 134 valence electrons. The van der Waals surface area contributed by atoms with E-state index < -0.39 is 5.97 Å². The fourth-order valence-corrected chi connectivity index (χ4v) is 3.13. The molecule has 0 atom stereocenters. The lowest BCUT2D eigenvalue weighted by atomic mass is 10.1. The molecular formula is C18H15ClN2O4S. The zero-order valence-electron chi connectivity index (χ0n) is 13.8. The molecule has 1 aliphatic heterocycles. The SMILES string of the molecule is CC(=O)Nc1nc(COC(=O)/C=C/C2=Cc3cc(Cl)ccc3OC2)cs1. The summed E-state index contributed by atoms with van der Waals surface area (Å²) in [5.41, 5.74) is 2.27. The van der Waals surface area contributed by atoms with Gasteiger partial charge in [-0.05, 0) is 35.9 Å². The summed E-state index contributed by atoms with van der Waals surface area (Å²) >= 11 is 7.25. The molecule has 0 fully saturated rings. The number of ether oxygens (including phenoxy) is 2. The van der Waals surface area contributed by atoms with Gasteiger partial charge in [-0.3, -0.25) is 4.79 Å². The number of esters is 1. The molecule has 2 aromatic rings. The first-order valence-electron chi connectivity index (χ1n) is 7.69. The Morgan fingerprint density at radius 3 is 3.12 bits per heavy atom. The van der Waals surface area contributed by atoms with Gasteiger partial charge in [0.1, 0.15) is 19.0 Å². The van der Waals surface area contributed by atoms with Crippen LogP contribution in [0.1, 0.15) is 18.2 Å². The summed E-state index contributed by atoms with van der Waals surface area (Å²) in [6.45, 7) is 1.81. The molecule has 1 N–H and O–H groups in total. The Bertz CT molecular complexity index is 904. The van der Waals surface area contributed by atoms with Crippen LogP contribution < -0.4 is 10.1 Å². The Kier molecular flexibility index (Phi) is 5.70. The largest absolute Gasteiger partial charge is 0.488 e. The van der Waals surface area contributed by atoms with Crippen molar-refractivity contribution in [3.63, 3.8) is 0 Å². The van der Waals surface area contributed by atoms with Crippen LogP contribution in [0.4, 0.5) is 5.13 Å². The number of aromatic nitrogens is 1. The Morgan fingerprint density at radius 2 is 2.31 bits per heavy atom. The number of nitrogens with zero attached hydrogens (tertiary/aromatic N) is 1. The zero-order chi connectivity index (χ0) is 18.5. The van der Waals surface area contributed by atoms with Gasteiger partial charge < -0.3 is 14.8 Å². The van der Waals surface area contributed by atoms with Crippen LogP contribution in [0.2, 0.25) is 5.02 Å². The van der Waals surface area contributed by atoms with Gasteiger partial charge in [-0.1, -0.05) is 11.6 Å². The van der Waals surface area contributed by atoms with Crippen molar-refractivity contribution in [2.75, 3.05) is 11.9 Å². The minimum Gasteiger partial charge on any atom is -0.488 e. The van der Waals surface area contributed by atoms with Gasteiger partial charge in [0.15, 0.2) is 5.13 Å². The van der Waals surface area contributed by atoms with Gasteiger partial charge >= 0.3 is 5.97 Å². The van der Waals surface area contributed by atoms with Gasteiger partial charge in [0.05, 0.1) is 5.69 Å². The monoisotopic (exact) mass is 390 g/mol. The van der Waals surface area contributed by atoms with Crippen molar-refractivity contribution in [2.45, 2.75) is 13.5 Å². The minimum absolute atomic E-state index is 0.0350. The van der Waals surface area contributed by atoms with E-state index in [4.69, 9.17) is 21.1 Å². The Balaban J connectivity index is 1.55. The van der Waals surface area contributed by atoms with Gasteiger partial charge in [-0.15, -0.1) is 11.3 Å². The van der Waals surface area contributed by atoms with E-state index in [0.29, 0.717) is 22.5 Å². The second-order valence-corrected chi connectivity index (χ2v) is 6.75. The zero-order valence-corrected chi connectivity index (χ0v) is 15.4. The summed E-state index contributed by atoms with van der Waals surface area (Å²) < 4.78 is 10.8. The summed E-state index contributed by atoms with van der Waals surface area (Å²) in [4.78, 5) is 27.0. The first-order chi connectivity index (χ1) is 12.5. The van der Waals surface area contributed by atoms with E-state index in [2.05, 4.69) is 10.3 Å². The molecule has 0 radical (unpaired) electrons. The van der Waals surface area contributed by atoms with E-state index in [1.165, 1.54) is 24.3 Å². The molecular weight excluding hydrogens is 376 g/mol. The quantitative estimate of drug-likeness (QED) is 0.620. The summed E-state index contributed by atoms with van der Waals surface area (Å²) in [7, 11) is 0. The standard InChI is InChI=1S/C18H15ClN2O4S/c1-11(22)20-18-21-15(10-26-18)9-25-17(23)5-2-12-6-13-7-14(19)3-4-16(13)24-8-12/h2-7,10H,8-9H2,1H3,(H,20,21,22)/b5-2+. The van der Waals surface area contributed by atoms with Crippen molar-refractivity contribution in [1.82, 2.24) is 4.98 Å². The highest BCUT2D eigenvalue weighted by Crippen LogP contribution is 2.29. The van der Waals surface area contributed by atoms with Crippen molar-refractivity contribution in [2.24, 2.45) is 0 Å². The fourth-order valence-electron chi connectivity index (χ4n) is 2.21. The summed E-state index contributed by atoms with van der Waals surface area (Å²) in [5.74, 6) is 0.0705. The molecule has 1 amide bonds. The van der Waals surface area contributed by atoms with Crippen molar-refractivity contribution in [3.8, 4) is 5.75 Å². The number of hydrogen-bond acceptors (Lipinski definition) is 6. The van der Waals surface area contributed by atoms with Crippen LogP contribution >= 0.6 is 22.9 Å². The van der Waals surface area contributed by atoms with Gasteiger partial charge in [-0.25, -0.2) is 9.78 Å². The fraction of sp³-hybridized carbons (Fsp3) is 0.167. The van der Waals surface area contributed by atoms with Gasteiger partial charge in [0.2, 0.25) is 5.91 Å². The maximum Gasteiger partial charge on any atom is 0.331 e. The highest BCUT2D eigenvalue weighted by atomic mass is 35.5. The lowest BCUT2D eigenvalue weighted by molar-refractivity contribution is -0.139.